The van der Waals surface area contributed by atoms with Crippen LogP contribution >= 0.6 is 12.2 Å². The van der Waals surface area contributed by atoms with E-state index in [4.69, 9.17) is 23.1 Å². The van der Waals surface area contributed by atoms with Gasteiger partial charge in [-0.05, 0) is 13.0 Å². The number of unbranched alkanes of at least 4 members (excludes halogenated alkanes) is 1. The Morgan fingerprint density at radius 3 is 2.42 bits per heavy atom. The molecule has 0 unspecified atom stereocenters. The molecule has 0 aromatic carbocycles. The van der Waals surface area contributed by atoms with E-state index in [1.165, 1.54) is 0 Å². The maximum atomic E-state index is 11.9. The van der Waals surface area contributed by atoms with Crippen LogP contribution in [0.4, 0.5) is 0 Å². The third-order valence-corrected chi connectivity index (χ3v) is 3.21. The molecule has 6 heteroatoms. The van der Waals surface area contributed by atoms with Crippen LogP contribution in [-0.4, -0.2) is 65.6 Å². The molecule has 0 heterocycles. The summed E-state index contributed by atoms with van der Waals surface area (Å²) >= 11 is 4.79. The molecule has 1 amide bonds. The molecule has 0 aliphatic carbocycles. The molecule has 0 saturated carbocycles. The SMILES string of the molecule is CCCCN(CCO)CCC(=O)N(C)CCC(N)=S. The Morgan fingerprint density at radius 2 is 1.89 bits per heavy atom. The van der Waals surface area contributed by atoms with Gasteiger partial charge in [-0.1, -0.05) is 25.6 Å². The summed E-state index contributed by atoms with van der Waals surface area (Å²) in [5.41, 5.74) is 5.41. The molecule has 19 heavy (non-hydrogen) atoms. The first-order chi connectivity index (χ1) is 9.01. The lowest BCUT2D eigenvalue weighted by atomic mass is 10.2. The first-order valence-corrected chi connectivity index (χ1v) is 7.27. The van der Waals surface area contributed by atoms with Crippen molar-refractivity contribution in [2.24, 2.45) is 5.73 Å². The van der Waals surface area contributed by atoms with E-state index in [2.05, 4.69) is 11.8 Å². The summed E-state index contributed by atoms with van der Waals surface area (Å²) in [6.07, 6.45) is 3.24. The Labute approximate surface area is 121 Å². The molecule has 0 saturated heterocycles. The van der Waals surface area contributed by atoms with Gasteiger partial charge >= 0.3 is 0 Å². The molecule has 0 radical (unpaired) electrons. The minimum atomic E-state index is 0.0932. The molecular weight excluding hydrogens is 262 g/mol. The second-order valence-electron chi connectivity index (χ2n) is 4.70. The molecule has 112 valence electrons. The van der Waals surface area contributed by atoms with Gasteiger partial charge in [0, 0.05) is 39.5 Å². The Morgan fingerprint density at radius 1 is 1.21 bits per heavy atom. The van der Waals surface area contributed by atoms with Crippen molar-refractivity contribution in [3.05, 3.63) is 0 Å². The maximum absolute atomic E-state index is 11.9. The minimum Gasteiger partial charge on any atom is -0.395 e. The van der Waals surface area contributed by atoms with Crippen LogP contribution in [0.5, 0.6) is 0 Å². The van der Waals surface area contributed by atoms with E-state index in [0.717, 1.165) is 19.4 Å². The van der Waals surface area contributed by atoms with Gasteiger partial charge in [-0.25, -0.2) is 0 Å². The van der Waals surface area contributed by atoms with E-state index in [-0.39, 0.29) is 12.5 Å². The number of amides is 1. The number of hydrogen-bond donors (Lipinski definition) is 2. The van der Waals surface area contributed by atoms with Crippen molar-refractivity contribution in [2.45, 2.75) is 32.6 Å². The van der Waals surface area contributed by atoms with Crippen LogP contribution in [0.1, 0.15) is 32.6 Å². The minimum absolute atomic E-state index is 0.0932. The number of rotatable bonds is 11. The number of carbonyl (C=O) groups is 1. The molecular formula is C13H27N3O2S. The van der Waals surface area contributed by atoms with Crippen LogP contribution in [-0.2, 0) is 4.79 Å². The zero-order valence-corrected chi connectivity index (χ0v) is 12.9. The quantitative estimate of drug-likeness (QED) is 0.545. The first kappa shape index (κ1) is 18.3. The average molecular weight is 289 g/mol. The van der Waals surface area contributed by atoms with Crippen molar-refractivity contribution in [3.63, 3.8) is 0 Å². The summed E-state index contributed by atoms with van der Waals surface area (Å²) in [5, 5.41) is 8.99. The van der Waals surface area contributed by atoms with Gasteiger partial charge in [0.25, 0.3) is 0 Å². The monoisotopic (exact) mass is 289 g/mol. The summed E-state index contributed by atoms with van der Waals surface area (Å²) in [4.78, 5) is 16.1. The molecule has 0 aliphatic heterocycles. The standard InChI is InChI=1S/C13H27N3O2S/c1-3-4-7-16(10-11-17)9-6-13(18)15(2)8-5-12(14)19/h17H,3-11H2,1-2H3,(H2,14,19). The molecule has 0 atom stereocenters. The third kappa shape index (κ3) is 9.81. The molecule has 0 rings (SSSR count). The van der Waals surface area contributed by atoms with Crippen molar-refractivity contribution in [1.29, 1.82) is 0 Å². The highest BCUT2D eigenvalue weighted by molar-refractivity contribution is 7.80. The maximum Gasteiger partial charge on any atom is 0.223 e. The fraction of sp³-hybridized carbons (Fsp3) is 0.846. The van der Waals surface area contributed by atoms with Gasteiger partial charge in [-0.2, -0.15) is 0 Å². The summed E-state index contributed by atoms with van der Waals surface area (Å²) in [6, 6.07) is 0. The second-order valence-corrected chi connectivity index (χ2v) is 5.22. The smallest absolute Gasteiger partial charge is 0.223 e. The number of carbonyl (C=O) groups excluding carboxylic acids is 1. The number of thiocarbonyl (C=S) groups is 1. The molecule has 0 fully saturated rings. The van der Waals surface area contributed by atoms with E-state index in [1.807, 2.05) is 0 Å². The first-order valence-electron chi connectivity index (χ1n) is 6.86. The highest BCUT2D eigenvalue weighted by Crippen LogP contribution is 2.00. The fourth-order valence-corrected chi connectivity index (χ4v) is 1.80. The molecule has 3 N–H and O–H groups in total. The lowest BCUT2D eigenvalue weighted by Crippen LogP contribution is -2.35. The summed E-state index contributed by atoms with van der Waals surface area (Å²) in [5.74, 6) is 0.0932. The van der Waals surface area contributed by atoms with Crippen molar-refractivity contribution < 1.29 is 9.90 Å². The van der Waals surface area contributed by atoms with Gasteiger partial charge in [0.2, 0.25) is 5.91 Å². The van der Waals surface area contributed by atoms with E-state index in [1.54, 1.807) is 11.9 Å². The normalized spacial score (nSPS) is 10.7. The summed E-state index contributed by atoms with van der Waals surface area (Å²) < 4.78 is 0. The zero-order chi connectivity index (χ0) is 14.7. The topological polar surface area (TPSA) is 69.8 Å². The number of nitrogens with two attached hydrogens (primary N) is 1. The van der Waals surface area contributed by atoms with Crippen LogP contribution < -0.4 is 5.73 Å². The third-order valence-electron chi connectivity index (χ3n) is 3.01. The van der Waals surface area contributed by atoms with Gasteiger partial charge in [0.15, 0.2) is 0 Å². The average Bonchev–Trinajstić information content (AvgIpc) is 2.38. The molecule has 0 aromatic heterocycles. The Hall–Kier alpha value is -0.720. The van der Waals surface area contributed by atoms with Crippen LogP contribution in [0.2, 0.25) is 0 Å². The van der Waals surface area contributed by atoms with Gasteiger partial charge < -0.3 is 20.6 Å². The molecule has 0 bridgehead atoms. The largest absolute Gasteiger partial charge is 0.395 e. The van der Waals surface area contributed by atoms with Crippen molar-refractivity contribution in [3.8, 4) is 0 Å². The number of hydrogen-bond acceptors (Lipinski definition) is 4. The van der Waals surface area contributed by atoms with Crippen LogP contribution in [0.3, 0.4) is 0 Å². The highest BCUT2D eigenvalue weighted by atomic mass is 32.1. The predicted octanol–water partition coefficient (Wildman–Crippen LogP) is 0.606. The predicted molar refractivity (Wildman–Crippen MR) is 82.1 cm³/mol. The van der Waals surface area contributed by atoms with Crippen molar-refractivity contribution in [1.82, 2.24) is 9.80 Å². The van der Waals surface area contributed by atoms with E-state index >= 15 is 0 Å². The lowest BCUT2D eigenvalue weighted by Gasteiger charge is -2.23. The van der Waals surface area contributed by atoms with Crippen LogP contribution in [0.15, 0.2) is 0 Å². The number of nitrogens with zero attached hydrogens (tertiary/aromatic N) is 2. The second kappa shape index (κ2) is 11.1. The number of aliphatic hydroxyl groups is 1. The van der Waals surface area contributed by atoms with Crippen molar-refractivity contribution in [2.75, 3.05) is 39.8 Å². The summed E-state index contributed by atoms with van der Waals surface area (Å²) in [6.45, 7) is 5.09. The Balaban J connectivity index is 3.97. The molecule has 5 nitrogen and oxygen atoms in total. The van der Waals surface area contributed by atoms with Gasteiger partial charge in [0.1, 0.15) is 0 Å². The van der Waals surface area contributed by atoms with E-state index in [0.29, 0.717) is 37.5 Å². The summed E-state index contributed by atoms with van der Waals surface area (Å²) in [7, 11) is 1.77. The molecule has 0 spiro atoms. The highest BCUT2D eigenvalue weighted by Gasteiger charge is 2.11. The molecule has 0 aromatic rings. The van der Waals surface area contributed by atoms with E-state index in [9.17, 15) is 4.79 Å². The Bertz CT molecular complexity index is 275. The van der Waals surface area contributed by atoms with Gasteiger partial charge in [-0.3, -0.25) is 4.79 Å². The lowest BCUT2D eigenvalue weighted by molar-refractivity contribution is -0.130. The van der Waals surface area contributed by atoms with Gasteiger partial charge in [-0.15, -0.1) is 0 Å². The van der Waals surface area contributed by atoms with E-state index < -0.39 is 0 Å². The Kier molecular flexibility index (Phi) is 10.7. The van der Waals surface area contributed by atoms with Crippen molar-refractivity contribution >= 4 is 23.1 Å². The zero-order valence-electron chi connectivity index (χ0n) is 12.1. The molecule has 0 aliphatic rings. The van der Waals surface area contributed by atoms with Crippen LogP contribution in [0.25, 0.3) is 0 Å². The number of aliphatic hydroxyl groups excluding tert-OH is 1. The van der Waals surface area contributed by atoms with Crippen LogP contribution in [0, 0.1) is 0 Å². The fourth-order valence-electron chi connectivity index (χ4n) is 1.71. The van der Waals surface area contributed by atoms with Gasteiger partial charge in [0.05, 0.1) is 11.6 Å².